The van der Waals surface area contributed by atoms with Gasteiger partial charge in [0.15, 0.2) is 0 Å². The van der Waals surface area contributed by atoms with Gasteiger partial charge in [-0.25, -0.2) is 0 Å². The first-order valence-corrected chi connectivity index (χ1v) is 17.3. The van der Waals surface area contributed by atoms with Gasteiger partial charge in [-0.2, -0.15) is 0 Å². The SMILES string of the molecule is CCCC[C@@H](C)[C@@H](OC(=O)C[C@@H](CC(=O)O)C(=O)O)[C@H](CC(C)C[C@H](O)CCCC[C@@H](O)C[C@H](O)[C@H](C)N)OC(=O)C[C@@H](CC(=O)O)C(=O)O. The van der Waals surface area contributed by atoms with Crippen molar-refractivity contribution in [3.05, 3.63) is 0 Å². The minimum absolute atomic E-state index is 0.0270. The summed E-state index contributed by atoms with van der Waals surface area (Å²) in [5.74, 6) is -12.0. The van der Waals surface area contributed by atoms with Crippen LogP contribution < -0.4 is 5.73 Å². The van der Waals surface area contributed by atoms with E-state index in [1.54, 1.807) is 20.8 Å². The van der Waals surface area contributed by atoms with Crippen LogP contribution in [0.15, 0.2) is 0 Å². The molecule has 290 valence electrons. The average molecular weight is 722 g/mol. The molecule has 0 aromatic heterocycles. The molecule has 9 N–H and O–H groups in total. The highest BCUT2D eigenvalue weighted by atomic mass is 16.6. The van der Waals surface area contributed by atoms with Gasteiger partial charge in [0.2, 0.25) is 0 Å². The van der Waals surface area contributed by atoms with Crippen LogP contribution >= 0.6 is 0 Å². The molecule has 0 saturated carbocycles. The van der Waals surface area contributed by atoms with E-state index in [-0.39, 0.29) is 25.2 Å². The summed E-state index contributed by atoms with van der Waals surface area (Å²) >= 11 is 0. The molecule has 0 amide bonds. The van der Waals surface area contributed by atoms with Gasteiger partial charge in [-0.1, -0.05) is 46.5 Å². The number of aliphatic hydroxyl groups excluding tert-OH is 3. The van der Waals surface area contributed by atoms with Crippen LogP contribution in [0.5, 0.6) is 0 Å². The van der Waals surface area contributed by atoms with Crippen LogP contribution in [0.3, 0.4) is 0 Å². The van der Waals surface area contributed by atoms with Crippen molar-refractivity contribution < 1.29 is 74.0 Å². The number of rotatable bonds is 29. The van der Waals surface area contributed by atoms with Gasteiger partial charge < -0.3 is 51.0 Å². The zero-order valence-corrected chi connectivity index (χ0v) is 29.6. The van der Waals surface area contributed by atoms with Gasteiger partial charge >= 0.3 is 35.8 Å². The summed E-state index contributed by atoms with van der Waals surface area (Å²) < 4.78 is 11.4. The molecule has 0 spiro atoms. The van der Waals surface area contributed by atoms with Crippen LogP contribution in [0.2, 0.25) is 0 Å². The number of aliphatic carboxylic acids is 4. The Kier molecular flexibility index (Phi) is 23.1. The van der Waals surface area contributed by atoms with Crippen molar-refractivity contribution in [2.45, 2.75) is 154 Å². The monoisotopic (exact) mass is 721 g/mol. The van der Waals surface area contributed by atoms with Crippen LogP contribution in [0, 0.1) is 23.7 Å². The van der Waals surface area contributed by atoms with Gasteiger partial charge in [0, 0.05) is 12.5 Å². The number of carbonyl (C=O) groups is 6. The van der Waals surface area contributed by atoms with Gasteiger partial charge in [0.25, 0.3) is 0 Å². The zero-order chi connectivity index (χ0) is 38.6. The number of carbonyl (C=O) groups excluding carboxylic acids is 2. The maximum atomic E-state index is 13.0. The summed E-state index contributed by atoms with van der Waals surface area (Å²) in [6.07, 6.45) is -3.74. The lowest BCUT2D eigenvalue weighted by molar-refractivity contribution is -0.177. The molecule has 0 aliphatic rings. The standard InChI is InChI=1S/C34H59NO15/c1-5-6-9-20(3)32(50-31(44)17-23(34(47)48)15-29(41)42)27(49-30(43)16-22(33(45)46)14-28(39)40)13-19(2)12-24(36)10-7-8-11-25(37)18-26(38)21(4)35/h19-27,32,36-38H,5-18,35H2,1-4H3,(H,39,40)(H,41,42)(H,45,46)(H,47,48)/t19?,20-,21+,22-,23-,24-,25-,26+,27+,32-/m1/s1. The van der Waals surface area contributed by atoms with E-state index in [1.165, 1.54) is 0 Å². The second kappa shape index (κ2) is 24.7. The fourth-order valence-electron chi connectivity index (χ4n) is 5.68. The minimum Gasteiger partial charge on any atom is -0.481 e. The van der Waals surface area contributed by atoms with E-state index in [9.17, 15) is 54.3 Å². The number of nitrogens with two attached hydrogens (primary N) is 1. The van der Waals surface area contributed by atoms with Crippen LogP contribution in [0.4, 0.5) is 0 Å². The molecule has 0 aromatic rings. The molecule has 0 bridgehead atoms. The maximum Gasteiger partial charge on any atom is 0.307 e. The lowest BCUT2D eigenvalue weighted by Crippen LogP contribution is -2.42. The maximum absolute atomic E-state index is 13.0. The highest BCUT2D eigenvalue weighted by Gasteiger charge is 2.37. The van der Waals surface area contributed by atoms with Gasteiger partial charge in [-0.3, -0.25) is 28.8 Å². The van der Waals surface area contributed by atoms with Gasteiger partial charge in [0.05, 0.1) is 55.8 Å². The molecular formula is C34H59NO15. The third-order valence-corrected chi connectivity index (χ3v) is 8.61. The third-order valence-electron chi connectivity index (χ3n) is 8.61. The Morgan fingerprint density at radius 3 is 1.50 bits per heavy atom. The predicted molar refractivity (Wildman–Crippen MR) is 178 cm³/mol. The Balaban J connectivity index is 5.98. The Hall–Kier alpha value is -3.34. The first kappa shape index (κ1) is 46.7. The van der Waals surface area contributed by atoms with E-state index in [0.717, 1.165) is 6.42 Å². The van der Waals surface area contributed by atoms with E-state index in [4.69, 9.17) is 25.4 Å². The van der Waals surface area contributed by atoms with Gasteiger partial charge in [0.1, 0.15) is 12.2 Å². The number of hydrogen-bond acceptors (Lipinski definition) is 12. The Morgan fingerprint density at radius 1 is 0.620 bits per heavy atom. The first-order chi connectivity index (χ1) is 23.3. The largest absolute Gasteiger partial charge is 0.481 e. The third kappa shape index (κ3) is 21.0. The molecule has 0 aliphatic heterocycles. The first-order valence-electron chi connectivity index (χ1n) is 17.3. The average Bonchev–Trinajstić information content (AvgIpc) is 2.99. The molecule has 10 atom stereocenters. The van der Waals surface area contributed by atoms with E-state index in [2.05, 4.69) is 0 Å². The Morgan fingerprint density at radius 2 is 1.08 bits per heavy atom. The van der Waals surface area contributed by atoms with Crippen molar-refractivity contribution in [1.82, 2.24) is 0 Å². The summed E-state index contributed by atoms with van der Waals surface area (Å²) in [6, 6.07) is -0.476. The highest BCUT2D eigenvalue weighted by molar-refractivity contribution is 5.83. The summed E-state index contributed by atoms with van der Waals surface area (Å²) in [7, 11) is 0. The second-order valence-electron chi connectivity index (χ2n) is 13.6. The van der Waals surface area contributed by atoms with E-state index in [0.29, 0.717) is 38.5 Å². The lowest BCUT2D eigenvalue weighted by Gasteiger charge is -2.33. The fourth-order valence-corrected chi connectivity index (χ4v) is 5.68. The predicted octanol–water partition coefficient (Wildman–Crippen LogP) is 2.56. The number of carboxylic acids is 4. The minimum atomic E-state index is -1.59. The topological polar surface area (TPSA) is 289 Å². The van der Waals surface area contributed by atoms with Gasteiger partial charge in [-0.15, -0.1) is 0 Å². The number of hydrogen-bond donors (Lipinski definition) is 8. The molecule has 0 fully saturated rings. The van der Waals surface area contributed by atoms with Crippen molar-refractivity contribution in [2.24, 2.45) is 29.4 Å². The number of carboxylic acid groups (broad SMARTS) is 4. The van der Waals surface area contributed by atoms with Crippen molar-refractivity contribution in [3.63, 3.8) is 0 Å². The van der Waals surface area contributed by atoms with Crippen molar-refractivity contribution in [1.29, 1.82) is 0 Å². The molecule has 0 aliphatic carbocycles. The number of ether oxygens (including phenoxy) is 2. The highest BCUT2D eigenvalue weighted by Crippen LogP contribution is 2.29. The Bertz CT molecular complexity index is 1070. The normalized spacial score (nSPS) is 17.5. The molecule has 16 heteroatoms. The molecule has 0 rings (SSSR count). The lowest BCUT2D eigenvalue weighted by atomic mass is 9.87. The molecule has 0 heterocycles. The molecule has 16 nitrogen and oxygen atoms in total. The van der Waals surface area contributed by atoms with Crippen LogP contribution in [0.1, 0.15) is 118 Å². The van der Waals surface area contributed by atoms with Crippen molar-refractivity contribution >= 4 is 35.8 Å². The summed E-state index contributed by atoms with van der Waals surface area (Å²) in [6.45, 7) is 7.06. The van der Waals surface area contributed by atoms with E-state index < -0.39 is 116 Å². The van der Waals surface area contributed by atoms with Crippen LogP contribution in [-0.2, 0) is 38.2 Å². The molecule has 0 aromatic carbocycles. The van der Waals surface area contributed by atoms with Gasteiger partial charge in [-0.05, 0) is 50.9 Å². The summed E-state index contributed by atoms with van der Waals surface area (Å²) in [5.41, 5.74) is 5.63. The summed E-state index contributed by atoms with van der Waals surface area (Å²) in [5, 5.41) is 67.8. The van der Waals surface area contributed by atoms with Crippen molar-refractivity contribution in [2.75, 3.05) is 0 Å². The smallest absolute Gasteiger partial charge is 0.307 e. The number of esters is 2. The number of aliphatic hydroxyl groups is 3. The second-order valence-corrected chi connectivity index (χ2v) is 13.6. The molecular weight excluding hydrogens is 662 g/mol. The Labute approximate surface area is 293 Å². The van der Waals surface area contributed by atoms with Crippen LogP contribution in [0.25, 0.3) is 0 Å². The molecule has 0 radical (unpaired) electrons. The quantitative estimate of drug-likeness (QED) is 0.0407. The van der Waals surface area contributed by atoms with Crippen LogP contribution in [-0.4, -0.2) is 108 Å². The van der Waals surface area contributed by atoms with E-state index in [1.807, 2.05) is 6.92 Å². The zero-order valence-electron chi connectivity index (χ0n) is 29.6. The number of unbranched alkanes of at least 4 members (excludes halogenated alkanes) is 2. The molecule has 50 heavy (non-hydrogen) atoms. The van der Waals surface area contributed by atoms with Crippen molar-refractivity contribution in [3.8, 4) is 0 Å². The molecule has 0 saturated heterocycles. The summed E-state index contributed by atoms with van der Waals surface area (Å²) in [4.78, 5) is 71.6. The van der Waals surface area contributed by atoms with E-state index >= 15 is 0 Å². The fraction of sp³-hybridized carbons (Fsp3) is 0.824. The molecule has 1 unspecified atom stereocenters.